The third kappa shape index (κ3) is 3.76. The van der Waals surface area contributed by atoms with Crippen LogP contribution in [0.5, 0.6) is 0 Å². The SMILES string of the molecule is CC1CCCN(C(=O)Cc2csc(-c3cccc(Br)c3)n2)C1. The predicted molar refractivity (Wildman–Crippen MR) is 93.9 cm³/mol. The Morgan fingerprint density at radius 2 is 2.36 bits per heavy atom. The minimum atomic E-state index is 0.206. The molecule has 3 rings (SSSR count). The van der Waals surface area contributed by atoms with Crippen LogP contribution in [0.4, 0.5) is 0 Å². The smallest absolute Gasteiger partial charge is 0.228 e. The molecule has 0 N–H and O–H groups in total. The van der Waals surface area contributed by atoms with Crippen molar-refractivity contribution in [2.24, 2.45) is 5.92 Å². The molecule has 1 fully saturated rings. The van der Waals surface area contributed by atoms with Gasteiger partial charge in [-0.2, -0.15) is 0 Å². The molecule has 1 saturated heterocycles. The molecule has 1 aliphatic rings. The average molecular weight is 379 g/mol. The van der Waals surface area contributed by atoms with Gasteiger partial charge in [0.2, 0.25) is 5.91 Å². The van der Waals surface area contributed by atoms with Crippen LogP contribution in [0, 0.1) is 5.92 Å². The van der Waals surface area contributed by atoms with E-state index in [1.165, 1.54) is 6.42 Å². The molecule has 5 heteroatoms. The number of benzene rings is 1. The van der Waals surface area contributed by atoms with Crippen LogP contribution in [-0.4, -0.2) is 28.9 Å². The summed E-state index contributed by atoms with van der Waals surface area (Å²) in [4.78, 5) is 19.0. The molecule has 1 aromatic carbocycles. The first-order valence-electron chi connectivity index (χ1n) is 7.60. The summed E-state index contributed by atoms with van der Waals surface area (Å²) in [6.45, 7) is 4.00. The minimum Gasteiger partial charge on any atom is -0.342 e. The van der Waals surface area contributed by atoms with Gasteiger partial charge in [0, 0.05) is 28.5 Å². The highest BCUT2D eigenvalue weighted by molar-refractivity contribution is 9.10. The lowest BCUT2D eigenvalue weighted by Crippen LogP contribution is -2.39. The molecule has 0 radical (unpaired) electrons. The third-order valence-corrected chi connectivity index (χ3v) is 5.40. The summed E-state index contributed by atoms with van der Waals surface area (Å²) in [6, 6.07) is 8.10. The number of hydrogen-bond acceptors (Lipinski definition) is 3. The Balaban J connectivity index is 1.68. The van der Waals surface area contributed by atoms with Crippen LogP contribution in [0.3, 0.4) is 0 Å². The second-order valence-electron chi connectivity index (χ2n) is 5.92. The number of piperidine rings is 1. The Bertz CT molecular complexity index is 670. The Morgan fingerprint density at radius 1 is 1.50 bits per heavy atom. The summed E-state index contributed by atoms with van der Waals surface area (Å²) in [7, 11) is 0. The van der Waals surface area contributed by atoms with Gasteiger partial charge in [0.05, 0.1) is 12.1 Å². The summed E-state index contributed by atoms with van der Waals surface area (Å²) in [5, 5.41) is 2.97. The summed E-state index contributed by atoms with van der Waals surface area (Å²) in [5.41, 5.74) is 1.97. The Kier molecular flexibility index (Phi) is 4.93. The van der Waals surface area contributed by atoms with E-state index in [1.54, 1.807) is 11.3 Å². The number of rotatable bonds is 3. The van der Waals surface area contributed by atoms with Gasteiger partial charge >= 0.3 is 0 Å². The molecule has 0 saturated carbocycles. The van der Waals surface area contributed by atoms with Gasteiger partial charge in [0.1, 0.15) is 5.01 Å². The zero-order valence-electron chi connectivity index (χ0n) is 12.6. The molecule has 1 amide bonds. The fourth-order valence-electron chi connectivity index (χ4n) is 2.82. The molecule has 22 heavy (non-hydrogen) atoms. The number of carbonyl (C=O) groups is 1. The quantitative estimate of drug-likeness (QED) is 0.793. The second-order valence-corrected chi connectivity index (χ2v) is 7.69. The fourth-order valence-corrected chi connectivity index (χ4v) is 4.04. The molecule has 0 aliphatic carbocycles. The highest BCUT2D eigenvalue weighted by atomic mass is 79.9. The van der Waals surface area contributed by atoms with Crippen molar-refractivity contribution in [3.05, 3.63) is 39.8 Å². The molecular formula is C17H19BrN2OS. The van der Waals surface area contributed by atoms with Crippen molar-refractivity contribution in [3.63, 3.8) is 0 Å². The maximum absolute atomic E-state index is 12.4. The Labute approximate surface area is 143 Å². The molecule has 116 valence electrons. The highest BCUT2D eigenvalue weighted by Gasteiger charge is 2.21. The number of aromatic nitrogens is 1. The van der Waals surface area contributed by atoms with Crippen molar-refractivity contribution in [2.45, 2.75) is 26.2 Å². The lowest BCUT2D eigenvalue weighted by Gasteiger charge is -2.30. The van der Waals surface area contributed by atoms with Crippen LogP contribution in [0.25, 0.3) is 10.6 Å². The number of likely N-dealkylation sites (tertiary alicyclic amines) is 1. The molecule has 1 unspecified atom stereocenters. The number of hydrogen-bond donors (Lipinski definition) is 0. The van der Waals surface area contributed by atoms with E-state index in [0.717, 1.165) is 40.2 Å². The zero-order valence-corrected chi connectivity index (χ0v) is 15.0. The van der Waals surface area contributed by atoms with E-state index < -0.39 is 0 Å². The summed E-state index contributed by atoms with van der Waals surface area (Å²) >= 11 is 5.08. The molecule has 1 aromatic heterocycles. The van der Waals surface area contributed by atoms with E-state index in [2.05, 4.69) is 33.9 Å². The zero-order chi connectivity index (χ0) is 15.5. The van der Waals surface area contributed by atoms with Crippen LogP contribution in [0.15, 0.2) is 34.1 Å². The molecule has 3 nitrogen and oxygen atoms in total. The summed E-state index contributed by atoms with van der Waals surface area (Å²) in [6.07, 6.45) is 2.76. The lowest BCUT2D eigenvalue weighted by atomic mass is 10.00. The molecule has 2 aromatic rings. The topological polar surface area (TPSA) is 33.2 Å². The molecular weight excluding hydrogens is 360 g/mol. The first-order valence-corrected chi connectivity index (χ1v) is 9.27. The number of carbonyl (C=O) groups excluding carboxylic acids is 1. The van der Waals surface area contributed by atoms with Crippen molar-refractivity contribution in [1.29, 1.82) is 0 Å². The van der Waals surface area contributed by atoms with Crippen LogP contribution in [-0.2, 0) is 11.2 Å². The van der Waals surface area contributed by atoms with Gasteiger partial charge in [-0.15, -0.1) is 11.3 Å². The van der Waals surface area contributed by atoms with E-state index in [0.29, 0.717) is 12.3 Å². The van der Waals surface area contributed by atoms with Gasteiger partial charge in [-0.1, -0.05) is 35.0 Å². The number of amides is 1. The molecule has 2 heterocycles. The summed E-state index contributed by atoms with van der Waals surface area (Å²) in [5.74, 6) is 0.822. The van der Waals surface area contributed by atoms with Crippen molar-refractivity contribution in [2.75, 3.05) is 13.1 Å². The van der Waals surface area contributed by atoms with E-state index >= 15 is 0 Å². The Morgan fingerprint density at radius 3 is 3.14 bits per heavy atom. The monoisotopic (exact) mass is 378 g/mol. The maximum atomic E-state index is 12.4. The number of halogens is 1. The van der Waals surface area contributed by atoms with E-state index in [9.17, 15) is 4.79 Å². The highest BCUT2D eigenvalue weighted by Crippen LogP contribution is 2.26. The minimum absolute atomic E-state index is 0.206. The molecule has 0 spiro atoms. The van der Waals surface area contributed by atoms with Gasteiger partial charge in [0.15, 0.2) is 0 Å². The van der Waals surface area contributed by atoms with E-state index in [4.69, 9.17) is 0 Å². The van der Waals surface area contributed by atoms with Crippen LogP contribution < -0.4 is 0 Å². The molecule has 1 atom stereocenters. The van der Waals surface area contributed by atoms with Crippen LogP contribution in [0.2, 0.25) is 0 Å². The van der Waals surface area contributed by atoms with Crippen molar-refractivity contribution in [3.8, 4) is 10.6 Å². The average Bonchev–Trinajstić information content (AvgIpc) is 2.96. The maximum Gasteiger partial charge on any atom is 0.228 e. The first-order chi connectivity index (χ1) is 10.6. The van der Waals surface area contributed by atoms with Gasteiger partial charge in [-0.3, -0.25) is 4.79 Å². The van der Waals surface area contributed by atoms with E-state index in [1.807, 2.05) is 28.5 Å². The standard InChI is InChI=1S/C17H19BrN2OS/c1-12-4-3-7-20(10-12)16(21)9-15-11-22-17(19-15)13-5-2-6-14(18)8-13/h2,5-6,8,11-12H,3-4,7,9-10H2,1H3. The van der Waals surface area contributed by atoms with Crippen molar-refractivity contribution < 1.29 is 4.79 Å². The van der Waals surface area contributed by atoms with Gasteiger partial charge < -0.3 is 4.90 Å². The number of nitrogens with zero attached hydrogens (tertiary/aromatic N) is 2. The van der Waals surface area contributed by atoms with Gasteiger partial charge in [0.25, 0.3) is 0 Å². The summed E-state index contributed by atoms with van der Waals surface area (Å²) < 4.78 is 1.04. The normalized spacial score (nSPS) is 18.5. The third-order valence-electron chi connectivity index (χ3n) is 3.97. The van der Waals surface area contributed by atoms with Crippen LogP contribution >= 0.6 is 27.3 Å². The Hall–Kier alpha value is -1.20. The predicted octanol–water partition coefficient (Wildman–Crippen LogP) is 4.37. The van der Waals surface area contributed by atoms with Crippen LogP contribution in [0.1, 0.15) is 25.5 Å². The lowest BCUT2D eigenvalue weighted by molar-refractivity contribution is -0.132. The molecule has 1 aliphatic heterocycles. The van der Waals surface area contributed by atoms with Crippen molar-refractivity contribution >= 4 is 33.2 Å². The first kappa shape index (κ1) is 15.7. The van der Waals surface area contributed by atoms with Gasteiger partial charge in [-0.25, -0.2) is 4.98 Å². The fraction of sp³-hybridized carbons (Fsp3) is 0.412. The largest absolute Gasteiger partial charge is 0.342 e. The molecule has 0 bridgehead atoms. The van der Waals surface area contributed by atoms with Crippen molar-refractivity contribution in [1.82, 2.24) is 9.88 Å². The second kappa shape index (κ2) is 6.92. The van der Waals surface area contributed by atoms with Gasteiger partial charge in [-0.05, 0) is 30.9 Å². The number of thiazole rings is 1. The van der Waals surface area contributed by atoms with E-state index in [-0.39, 0.29) is 5.91 Å².